The van der Waals surface area contributed by atoms with Crippen molar-refractivity contribution in [2.45, 2.75) is 0 Å². The predicted octanol–water partition coefficient (Wildman–Crippen LogP) is 3.48. The molecule has 10 heteroatoms. The minimum Gasteiger partial charge on any atom is -0.507 e. The Morgan fingerprint density at radius 1 is 0.848 bits per heavy atom. The maximum atomic E-state index is 13.4. The van der Waals surface area contributed by atoms with Gasteiger partial charge in [-0.15, -0.1) is 0 Å². The lowest BCUT2D eigenvalue weighted by Crippen LogP contribution is -2.14. The molecule has 0 amide bonds. The van der Waals surface area contributed by atoms with Crippen LogP contribution in [0.15, 0.2) is 54.6 Å². The highest BCUT2D eigenvalue weighted by atomic mass is 16.6. The molecule has 10 nitrogen and oxygen atoms in total. The Labute approximate surface area is 186 Å². The molecule has 0 fully saturated rings. The first-order valence-electron chi connectivity index (χ1n) is 9.35. The molecule has 0 aliphatic heterocycles. The largest absolute Gasteiger partial charge is 0.507 e. The summed E-state index contributed by atoms with van der Waals surface area (Å²) < 4.78 is 9.40. The number of ketones is 1. The van der Waals surface area contributed by atoms with E-state index >= 15 is 0 Å². The van der Waals surface area contributed by atoms with Gasteiger partial charge in [-0.3, -0.25) is 14.9 Å². The van der Waals surface area contributed by atoms with Crippen LogP contribution < -0.4 is 0 Å². The van der Waals surface area contributed by atoms with Gasteiger partial charge in [0.25, 0.3) is 5.69 Å². The third-order valence-corrected chi connectivity index (χ3v) is 4.85. The van der Waals surface area contributed by atoms with Crippen LogP contribution in [0.2, 0.25) is 0 Å². The molecule has 0 saturated heterocycles. The summed E-state index contributed by atoms with van der Waals surface area (Å²) in [6, 6.07) is 11.5. The van der Waals surface area contributed by atoms with Gasteiger partial charge in [0, 0.05) is 23.3 Å². The normalized spacial score (nSPS) is 10.4. The maximum Gasteiger partial charge on any atom is 0.342 e. The van der Waals surface area contributed by atoms with E-state index in [0.717, 1.165) is 32.4 Å². The van der Waals surface area contributed by atoms with E-state index in [4.69, 9.17) is 4.74 Å². The summed E-state index contributed by atoms with van der Waals surface area (Å²) in [4.78, 5) is 48.7. The number of hydrogen-bond acceptors (Lipinski definition) is 9. The minimum absolute atomic E-state index is 0.141. The van der Waals surface area contributed by atoms with Gasteiger partial charge in [0.05, 0.1) is 24.7 Å². The van der Waals surface area contributed by atoms with Crippen molar-refractivity contribution in [1.82, 2.24) is 0 Å². The number of nitro benzene ring substituents is 1. The molecule has 0 aliphatic rings. The Hall–Kier alpha value is -4.73. The number of carbonyl (C=O) groups is 3. The molecule has 168 valence electrons. The van der Waals surface area contributed by atoms with Crippen LogP contribution in [0, 0.1) is 10.1 Å². The summed E-state index contributed by atoms with van der Waals surface area (Å²) in [7, 11) is 2.09. The van der Waals surface area contributed by atoms with Crippen molar-refractivity contribution >= 4 is 23.4 Å². The van der Waals surface area contributed by atoms with E-state index in [9.17, 15) is 34.7 Å². The molecule has 0 unspecified atom stereocenters. The smallest absolute Gasteiger partial charge is 0.342 e. The Bertz CT molecular complexity index is 1280. The van der Waals surface area contributed by atoms with Crippen molar-refractivity contribution in [2.24, 2.45) is 0 Å². The van der Waals surface area contributed by atoms with Crippen LogP contribution in [0.1, 0.15) is 36.6 Å². The summed E-state index contributed by atoms with van der Waals surface area (Å²) in [5, 5.41) is 31.9. The van der Waals surface area contributed by atoms with Gasteiger partial charge < -0.3 is 19.7 Å². The zero-order chi connectivity index (χ0) is 24.3. The van der Waals surface area contributed by atoms with Gasteiger partial charge in [-0.2, -0.15) is 0 Å². The lowest BCUT2D eigenvalue weighted by atomic mass is 9.87. The van der Waals surface area contributed by atoms with Gasteiger partial charge in [-0.05, 0) is 35.9 Å². The van der Waals surface area contributed by atoms with Crippen molar-refractivity contribution in [2.75, 3.05) is 14.2 Å². The van der Waals surface area contributed by atoms with Gasteiger partial charge in [-0.25, -0.2) is 9.59 Å². The minimum atomic E-state index is -1.07. The van der Waals surface area contributed by atoms with Crippen LogP contribution in [0.5, 0.6) is 11.5 Å². The number of phenols is 2. The molecule has 0 saturated carbocycles. The summed E-state index contributed by atoms with van der Waals surface area (Å²) in [6.07, 6.45) is 0. The van der Waals surface area contributed by atoms with E-state index in [0.29, 0.717) is 0 Å². The summed E-state index contributed by atoms with van der Waals surface area (Å²) >= 11 is 0. The van der Waals surface area contributed by atoms with Gasteiger partial charge >= 0.3 is 11.9 Å². The number of phenolic OH excluding ortho intramolecular Hbond substituents is 2. The first kappa shape index (κ1) is 22.9. The fourth-order valence-corrected chi connectivity index (χ4v) is 3.28. The lowest BCUT2D eigenvalue weighted by Gasteiger charge is -2.17. The highest BCUT2D eigenvalue weighted by Gasteiger charge is 2.31. The number of carbonyl (C=O) groups excluding carboxylic acids is 3. The van der Waals surface area contributed by atoms with Gasteiger partial charge in [0.2, 0.25) is 0 Å². The number of esters is 2. The van der Waals surface area contributed by atoms with E-state index in [1.165, 1.54) is 36.4 Å². The van der Waals surface area contributed by atoms with Crippen LogP contribution >= 0.6 is 0 Å². The second-order valence-corrected chi connectivity index (χ2v) is 6.70. The van der Waals surface area contributed by atoms with Crippen LogP contribution in [0.3, 0.4) is 0 Å². The van der Waals surface area contributed by atoms with E-state index in [-0.39, 0.29) is 33.7 Å². The van der Waals surface area contributed by atoms with E-state index < -0.39 is 39.5 Å². The predicted molar refractivity (Wildman–Crippen MR) is 114 cm³/mol. The van der Waals surface area contributed by atoms with Gasteiger partial charge in [0.1, 0.15) is 22.6 Å². The Balaban J connectivity index is 2.43. The molecule has 3 aromatic carbocycles. The molecular weight excluding hydrogens is 434 g/mol. The lowest BCUT2D eigenvalue weighted by molar-refractivity contribution is -0.384. The molecule has 0 heterocycles. The van der Waals surface area contributed by atoms with E-state index in [1.807, 2.05) is 0 Å². The fraction of sp³-hybridized carbons (Fsp3) is 0.0870. The van der Waals surface area contributed by atoms with Crippen LogP contribution in [0.25, 0.3) is 11.1 Å². The molecule has 0 radical (unpaired) electrons. The number of benzene rings is 3. The fourth-order valence-electron chi connectivity index (χ4n) is 3.28. The van der Waals surface area contributed by atoms with Gasteiger partial charge in [-0.1, -0.05) is 12.1 Å². The summed E-state index contributed by atoms with van der Waals surface area (Å²) in [5.74, 6) is -4.03. The van der Waals surface area contributed by atoms with E-state index in [2.05, 4.69) is 4.74 Å². The molecule has 3 rings (SSSR count). The van der Waals surface area contributed by atoms with Crippen molar-refractivity contribution in [1.29, 1.82) is 0 Å². The molecule has 0 aromatic heterocycles. The van der Waals surface area contributed by atoms with Crippen molar-refractivity contribution in [3.63, 3.8) is 0 Å². The molecular formula is C23H17NO9. The van der Waals surface area contributed by atoms with Gasteiger partial charge in [0.15, 0.2) is 5.78 Å². The maximum absolute atomic E-state index is 13.4. The average Bonchev–Trinajstić information content (AvgIpc) is 2.82. The zero-order valence-corrected chi connectivity index (χ0v) is 17.4. The van der Waals surface area contributed by atoms with Crippen molar-refractivity contribution in [3.8, 4) is 22.6 Å². The summed E-state index contributed by atoms with van der Waals surface area (Å²) in [5.41, 5.74) is -1.64. The van der Waals surface area contributed by atoms with Crippen LogP contribution in [-0.4, -0.2) is 47.1 Å². The molecule has 0 spiro atoms. The van der Waals surface area contributed by atoms with Crippen molar-refractivity contribution < 1.29 is 39.0 Å². The van der Waals surface area contributed by atoms with Crippen molar-refractivity contribution in [3.05, 3.63) is 87.0 Å². The highest BCUT2D eigenvalue weighted by molar-refractivity contribution is 6.19. The second kappa shape index (κ2) is 9.18. The van der Waals surface area contributed by atoms with Crippen LogP contribution in [-0.2, 0) is 9.47 Å². The number of ether oxygens (including phenoxy) is 2. The monoisotopic (exact) mass is 451 g/mol. The molecule has 3 aromatic rings. The first-order chi connectivity index (χ1) is 15.7. The molecule has 33 heavy (non-hydrogen) atoms. The second-order valence-electron chi connectivity index (χ2n) is 6.70. The Morgan fingerprint density at radius 3 is 2.00 bits per heavy atom. The molecule has 2 N–H and O–H groups in total. The number of hydrogen-bond donors (Lipinski definition) is 2. The standard InChI is InChI=1S/C23H17NO9/c1-32-22(28)16-11-15(20(26)14-5-3-4-6-17(14)25)18(19(21(16)27)23(29)33-2)12-7-9-13(10-8-12)24(30)31/h3-11,25,27H,1-2H3. The first-order valence-corrected chi connectivity index (χ1v) is 9.35. The number of methoxy groups -OCH3 is 2. The zero-order valence-electron chi connectivity index (χ0n) is 17.4. The number of para-hydroxylation sites is 1. The topological polar surface area (TPSA) is 153 Å². The number of rotatable bonds is 6. The Kier molecular flexibility index (Phi) is 6.38. The third kappa shape index (κ3) is 4.22. The number of nitro groups is 1. The highest BCUT2D eigenvalue weighted by Crippen LogP contribution is 2.39. The number of aromatic hydroxyl groups is 2. The van der Waals surface area contributed by atoms with E-state index in [1.54, 1.807) is 0 Å². The SMILES string of the molecule is COC(=O)c1cc(C(=O)c2ccccc2O)c(-c2ccc([N+](=O)[O-])cc2)c(C(=O)OC)c1O. The Morgan fingerprint density at radius 2 is 1.45 bits per heavy atom. The average molecular weight is 451 g/mol. The third-order valence-electron chi connectivity index (χ3n) is 4.85. The molecule has 0 bridgehead atoms. The quantitative estimate of drug-likeness (QED) is 0.248. The number of nitrogens with zero attached hydrogens (tertiary/aromatic N) is 1. The molecule has 0 atom stereocenters. The molecule has 0 aliphatic carbocycles. The number of non-ortho nitro benzene ring substituents is 1. The summed E-state index contributed by atoms with van der Waals surface area (Å²) in [6.45, 7) is 0. The van der Waals surface area contributed by atoms with Crippen LogP contribution in [0.4, 0.5) is 5.69 Å².